The Balaban J connectivity index is 1.97. The van der Waals surface area contributed by atoms with Crippen LogP contribution >= 0.6 is 22.9 Å². The molecule has 1 saturated heterocycles. The SMILES string of the molecule is CC1CCCN1CC(=O)c1ccc(Cl)s1. The molecule has 2 nitrogen and oxygen atoms in total. The van der Waals surface area contributed by atoms with Crippen molar-refractivity contribution < 1.29 is 4.79 Å². The summed E-state index contributed by atoms with van der Waals surface area (Å²) in [7, 11) is 0. The van der Waals surface area contributed by atoms with Gasteiger partial charge in [0.05, 0.1) is 15.8 Å². The number of halogens is 1. The van der Waals surface area contributed by atoms with E-state index in [0.29, 0.717) is 16.9 Å². The molecule has 1 atom stereocenters. The molecule has 0 bridgehead atoms. The van der Waals surface area contributed by atoms with Crippen LogP contribution < -0.4 is 0 Å². The van der Waals surface area contributed by atoms with Crippen LogP contribution in [0.15, 0.2) is 12.1 Å². The van der Waals surface area contributed by atoms with E-state index in [-0.39, 0.29) is 5.78 Å². The normalized spacial score (nSPS) is 22.1. The van der Waals surface area contributed by atoms with Crippen molar-refractivity contribution in [2.75, 3.05) is 13.1 Å². The van der Waals surface area contributed by atoms with Gasteiger partial charge in [0.1, 0.15) is 0 Å². The van der Waals surface area contributed by atoms with E-state index in [4.69, 9.17) is 11.6 Å². The predicted octanol–water partition coefficient (Wildman–Crippen LogP) is 3.07. The van der Waals surface area contributed by atoms with Crippen molar-refractivity contribution in [2.24, 2.45) is 0 Å². The number of nitrogens with zero attached hydrogens (tertiary/aromatic N) is 1. The molecule has 4 heteroatoms. The van der Waals surface area contributed by atoms with Gasteiger partial charge < -0.3 is 0 Å². The molecule has 0 amide bonds. The summed E-state index contributed by atoms with van der Waals surface area (Å²) in [5.41, 5.74) is 0. The minimum atomic E-state index is 0.195. The molecule has 0 aromatic carbocycles. The fraction of sp³-hybridized carbons (Fsp3) is 0.545. The van der Waals surface area contributed by atoms with Gasteiger partial charge in [0.15, 0.2) is 5.78 Å². The minimum Gasteiger partial charge on any atom is -0.293 e. The van der Waals surface area contributed by atoms with Crippen LogP contribution in [0.4, 0.5) is 0 Å². The Labute approximate surface area is 98.8 Å². The highest BCUT2D eigenvalue weighted by atomic mass is 35.5. The molecule has 1 aliphatic rings. The minimum absolute atomic E-state index is 0.195. The molecular formula is C11H14ClNOS. The molecule has 0 saturated carbocycles. The lowest BCUT2D eigenvalue weighted by molar-refractivity contribution is 0.0930. The van der Waals surface area contributed by atoms with E-state index >= 15 is 0 Å². The molecule has 0 aliphatic carbocycles. The van der Waals surface area contributed by atoms with Gasteiger partial charge >= 0.3 is 0 Å². The van der Waals surface area contributed by atoms with Gasteiger partial charge in [-0.25, -0.2) is 0 Å². The van der Waals surface area contributed by atoms with Crippen LogP contribution in [-0.4, -0.2) is 29.8 Å². The van der Waals surface area contributed by atoms with Gasteiger partial charge in [0.25, 0.3) is 0 Å². The molecule has 0 spiro atoms. The lowest BCUT2D eigenvalue weighted by Gasteiger charge is -2.19. The van der Waals surface area contributed by atoms with Crippen LogP contribution in [0, 0.1) is 0 Å². The van der Waals surface area contributed by atoms with Gasteiger partial charge in [-0.15, -0.1) is 11.3 Å². The summed E-state index contributed by atoms with van der Waals surface area (Å²) in [5, 5.41) is 0. The van der Waals surface area contributed by atoms with Gasteiger partial charge in [0.2, 0.25) is 0 Å². The zero-order valence-electron chi connectivity index (χ0n) is 8.70. The van der Waals surface area contributed by atoms with Crippen LogP contribution in [0.2, 0.25) is 4.34 Å². The summed E-state index contributed by atoms with van der Waals surface area (Å²) in [6.45, 7) is 3.77. The topological polar surface area (TPSA) is 20.3 Å². The van der Waals surface area contributed by atoms with Crippen molar-refractivity contribution in [3.05, 3.63) is 21.3 Å². The first kappa shape index (κ1) is 11.1. The number of carbonyl (C=O) groups is 1. The second-order valence-corrected chi connectivity index (χ2v) is 5.70. The zero-order valence-corrected chi connectivity index (χ0v) is 10.3. The van der Waals surface area contributed by atoms with Crippen LogP contribution in [0.3, 0.4) is 0 Å². The van der Waals surface area contributed by atoms with Gasteiger partial charge in [-0.3, -0.25) is 9.69 Å². The number of hydrogen-bond donors (Lipinski definition) is 0. The van der Waals surface area contributed by atoms with E-state index in [2.05, 4.69) is 11.8 Å². The van der Waals surface area contributed by atoms with Gasteiger partial charge in [-0.2, -0.15) is 0 Å². The molecule has 2 heterocycles. The Hall–Kier alpha value is -0.380. The molecule has 0 N–H and O–H groups in total. The quantitative estimate of drug-likeness (QED) is 0.761. The summed E-state index contributed by atoms with van der Waals surface area (Å²) in [6.07, 6.45) is 2.41. The van der Waals surface area contributed by atoms with Crippen molar-refractivity contribution in [1.29, 1.82) is 0 Å². The highest BCUT2D eigenvalue weighted by Crippen LogP contribution is 2.23. The zero-order chi connectivity index (χ0) is 10.8. The number of hydrogen-bond acceptors (Lipinski definition) is 3. The average molecular weight is 244 g/mol. The second kappa shape index (κ2) is 4.64. The Bertz CT molecular complexity index is 363. The third kappa shape index (κ3) is 2.60. The van der Waals surface area contributed by atoms with E-state index in [1.807, 2.05) is 6.07 Å². The van der Waals surface area contributed by atoms with E-state index in [0.717, 1.165) is 11.4 Å². The first-order chi connectivity index (χ1) is 7.16. The van der Waals surface area contributed by atoms with E-state index < -0.39 is 0 Å². The van der Waals surface area contributed by atoms with Gasteiger partial charge in [-0.1, -0.05) is 11.6 Å². The molecule has 15 heavy (non-hydrogen) atoms. The fourth-order valence-corrected chi connectivity index (χ4v) is 2.93. The Kier molecular flexibility index (Phi) is 3.44. The van der Waals surface area contributed by atoms with Crippen molar-refractivity contribution in [3.63, 3.8) is 0 Å². The Morgan fingerprint density at radius 3 is 3.00 bits per heavy atom. The lowest BCUT2D eigenvalue weighted by Crippen LogP contribution is -2.32. The smallest absolute Gasteiger partial charge is 0.186 e. The van der Waals surface area contributed by atoms with Crippen LogP contribution in [0.1, 0.15) is 29.4 Å². The maximum atomic E-state index is 11.9. The summed E-state index contributed by atoms with van der Waals surface area (Å²) >= 11 is 7.17. The number of thiophene rings is 1. The predicted molar refractivity (Wildman–Crippen MR) is 63.9 cm³/mol. The maximum Gasteiger partial charge on any atom is 0.186 e. The van der Waals surface area contributed by atoms with Crippen molar-refractivity contribution in [3.8, 4) is 0 Å². The van der Waals surface area contributed by atoms with Crippen LogP contribution in [0.5, 0.6) is 0 Å². The highest BCUT2D eigenvalue weighted by Gasteiger charge is 2.23. The first-order valence-electron chi connectivity index (χ1n) is 5.19. The average Bonchev–Trinajstić information content (AvgIpc) is 2.77. The monoisotopic (exact) mass is 243 g/mol. The van der Waals surface area contributed by atoms with E-state index in [9.17, 15) is 4.79 Å². The first-order valence-corrected chi connectivity index (χ1v) is 6.39. The fourth-order valence-electron chi connectivity index (χ4n) is 1.95. The molecule has 1 aromatic heterocycles. The second-order valence-electron chi connectivity index (χ2n) is 3.99. The number of ketones is 1. The molecule has 2 rings (SSSR count). The maximum absolute atomic E-state index is 11.9. The van der Waals surface area contributed by atoms with Crippen molar-refractivity contribution in [2.45, 2.75) is 25.8 Å². The van der Waals surface area contributed by atoms with Crippen LogP contribution in [-0.2, 0) is 0 Å². The summed E-state index contributed by atoms with van der Waals surface area (Å²) in [5.74, 6) is 0.195. The number of Topliss-reactive ketones (excluding diaryl/α,β-unsaturated/α-hetero) is 1. The number of likely N-dealkylation sites (tertiary alicyclic amines) is 1. The van der Waals surface area contributed by atoms with Crippen molar-refractivity contribution >= 4 is 28.7 Å². The standard InChI is InChI=1S/C11H14ClNOS/c1-8-3-2-6-13(8)7-9(14)10-4-5-11(12)15-10/h4-5,8H,2-3,6-7H2,1H3. The molecule has 1 aromatic rings. The van der Waals surface area contributed by atoms with Gasteiger partial charge in [0, 0.05) is 6.04 Å². The lowest BCUT2D eigenvalue weighted by atomic mass is 10.2. The van der Waals surface area contributed by atoms with Gasteiger partial charge in [-0.05, 0) is 38.4 Å². The molecule has 1 unspecified atom stereocenters. The summed E-state index contributed by atoms with van der Waals surface area (Å²) in [4.78, 5) is 14.9. The van der Waals surface area contributed by atoms with E-state index in [1.165, 1.54) is 24.2 Å². The Morgan fingerprint density at radius 1 is 1.67 bits per heavy atom. The highest BCUT2D eigenvalue weighted by molar-refractivity contribution is 7.18. The molecule has 1 fully saturated rings. The van der Waals surface area contributed by atoms with E-state index in [1.54, 1.807) is 6.07 Å². The summed E-state index contributed by atoms with van der Waals surface area (Å²) in [6, 6.07) is 4.15. The molecule has 0 radical (unpaired) electrons. The Morgan fingerprint density at radius 2 is 2.47 bits per heavy atom. The van der Waals surface area contributed by atoms with Crippen molar-refractivity contribution in [1.82, 2.24) is 4.90 Å². The molecule has 1 aliphatic heterocycles. The number of rotatable bonds is 3. The number of carbonyl (C=O) groups excluding carboxylic acids is 1. The molecule has 82 valence electrons. The third-order valence-corrected chi connectivity index (χ3v) is 4.16. The third-order valence-electron chi connectivity index (χ3n) is 2.89. The summed E-state index contributed by atoms with van der Waals surface area (Å²) < 4.78 is 0.688. The largest absolute Gasteiger partial charge is 0.293 e. The van der Waals surface area contributed by atoms with Crippen LogP contribution in [0.25, 0.3) is 0 Å². The molecular weight excluding hydrogens is 230 g/mol.